The summed E-state index contributed by atoms with van der Waals surface area (Å²) in [7, 11) is 1.58. The highest BCUT2D eigenvalue weighted by Gasteiger charge is 2.14. The number of hydrogen-bond donors (Lipinski definition) is 4. The van der Waals surface area contributed by atoms with Crippen molar-refractivity contribution in [1.29, 1.82) is 0 Å². The van der Waals surface area contributed by atoms with E-state index in [-0.39, 0.29) is 19.3 Å². The normalized spacial score (nSPS) is 11.7. The Bertz CT molecular complexity index is 847. The third-order valence-corrected chi connectivity index (χ3v) is 4.22. The van der Waals surface area contributed by atoms with E-state index in [1.807, 2.05) is 32.0 Å². The van der Waals surface area contributed by atoms with E-state index >= 15 is 0 Å². The highest BCUT2D eigenvalue weighted by molar-refractivity contribution is 6.00. The molecule has 1 atom stereocenters. The van der Waals surface area contributed by atoms with Crippen molar-refractivity contribution in [3.05, 3.63) is 54.6 Å². The number of urea groups is 2. The van der Waals surface area contributed by atoms with Crippen LogP contribution in [-0.2, 0) is 9.47 Å². The smallest absolute Gasteiger partial charge is 0.323 e. The summed E-state index contributed by atoms with van der Waals surface area (Å²) < 4.78 is 10.7. The summed E-state index contributed by atoms with van der Waals surface area (Å²) in [6.45, 7) is 4.92. The lowest BCUT2D eigenvalue weighted by atomic mass is 10.2. The Hall–Kier alpha value is -3.14. The number of aliphatic hydroxyl groups excluding tert-OH is 1. The van der Waals surface area contributed by atoms with Gasteiger partial charge < -0.3 is 35.4 Å². The van der Waals surface area contributed by atoms with Gasteiger partial charge >= 0.3 is 12.1 Å². The lowest BCUT2D eigenvalue weighted by Crippen LogP contribution is -2.39. The minimum Gasteiger partial charge on any atom is -0.389 e. The third kappa shape index (κ3) is 9.78. The van der Waals surface area contributed by atoms with Crippen molar-refractivity contribution < 1.29 is 24.2 Å². The van der Waals surface area contributed by atoms with Gasteiger partial charge in [-0.2, -0.15) is 0 Å². The first-order chi connectivity index (χ1) is 15.3. The number of amides is 4. The molecule has 32 heavy (non-hydrogen) atoms. The van der Waals surface area contributed by atoms with Gasteiger partial charge in [0.2, 0.25) is 0 Å². The summed E-state index contributed by atoms with van der Waals surface area (Å²) in [6.07, 6.45) is -0.690. The monoisotopic (exact) mass is 444 g/mol. The number of ether oxygens (including phenoxy) is 2. The van der Waals surface area contributed by atoms with E-state index in [0.29, 0.717) is 30.3 Å². The van der Waals surface area contributed by atoms with Crippen molar-refractivity contribution in [2.24, 2.45) is 0 Å². The number of likely N-dealkylation sites (N-methyl/N-ethyl adjacent to an activating group) is 1. The maximum absolute atomic E-state index is 12.4. The van der Waals surface area contributed by atoms with Crippen LogP contribution >= 0.6 is 0 Å². The minimum absolute atomic E-state index is 0.105. The van der Waals surface area contributed by atoms with Gasteiger partial charge in [0, 0.05) is 24.1 Å². The van der Waals surface area contributed by atoms with Crippen molar-refractivity contribution in [2.75, 3.05) is 49.4 Å². The quantitative estimate of drug-likeness (QED) is 0.396. The van der Waals surface area contributed by atoms with Crippen LogP contribution in [0.15, 0.2) is 54.6 Å². The fourth-order valence-electron chi connectivity index (χ4n) is 2.72. The van der Waals surface area contributed by atoms with Crippen LogP contribution < -0.4 is 16.0 Å². The van der Waals surface area contributed by atoms with Crippen LogP contribution in [-0.4, -0.2) is 67.7 Å². The van der Waals surface area contributed by atoms with E-state index < -0.39 is 18.2 Å². The second-order valence-electron chi connectivity index (χ2n) is 7.48. The molecule has 0 radical (unpaired) electrons. The van der Waals surface area contributed by atoms with Crippen LogP contribution in [0.4, 0.5) is 26.7 Å². The van der Waals surface area contributed by atoms with Gasteiger partial charge in [0.15, 0.2) is 0 Å². The maximum Gasteiger partial charge on any atom is 0.323 e. The molecule has 2 aromatic carbocycles. The first kappa shape index (κ1) is 25.1. The van der Waals surface area contributed by atoms with Crippen molar-refractivity contribution >= 4 is 29.1 Å². The molecule has 2 aromatic rings. The molecular weight excluding hydrogens is 412 g/mol. The molecular formula is C23H32N4O5. The van der Waals surface area contributed by atoms with E-state index in [2.05, 4.69) is 16.0 Å². The number of hydrogen-bond acceptors (Lipinski definition) is 5. The molecule has 2 rings (SSSR count). The Kier molecular flexibility index (Phi) is 10.5. The Morgan fingerprint density at radius 3 is 2.25 bits per heavy atom. The number of carbonyl (C=O) groups is 2. The number of rotatable bonds is 11. The van der Waals surface area contributed by atoms with Crippen LogP contribution in [0.1, 0.15) is 13.8 Å². The van der Waals surface area contributed by atoms with Crippen LogP contribution in [0, 0.1) is 0 Å². The van der Waals surface area contributed by atoms with Crippen LogP contribution in [0.2, 0.25) is 0 Å². The molecule has 0 bridgehead atoms. The Morgan fingerprint density at radius 2 is 1.56 bits per heavy atom. The molecule has 0 saturated heterocycles. The van der Waals surface area contributed by atoms with Crippen molar-refractivity contribution in [3.8, 4) is 0 Å². The van der Waals surface area contributed by atoms with Gasteiger partial charge in [0.05, 0.1) is 38.6 Å². The molecule has 0 aliphatic carbocycles. The van der Waals surface area contributed by atoms with Crippen molar-refractivity contribution in [1.82, 2.24) is 4.90 Å². The topological polar surface area (TPSA) is 112 Å². The predicted octanol–water partition coefficient (Wildman–Crippen LogP) is 3.60. The van der Waals surface area contributed by atoms with Crippen molar-refractivity contribution in [2.45, 2.75) is 26.1 Å². The molecule has 1 unspecified atom stereocenters. The zero-order valence-corrected chi connectivity index (χ0v) is 18.7. The molecule has 0 heterocycles. The molecule has 4 N–H and O–H groups in total. The van der Waals surface area contributed by atoms with Crippen LogP contribution in [0.5, 0.6) is 0 Å². The molecule has 0 aliphatic rings. The Balaban J connectivity index is 1.76. The summed E-state index contributed by atoms with van der Waals surface area (Å²) in [5.74, 6) is 0. The van der Waals surface area contributed by atoms with Gasteiger partial charge in [-0.3, -0.25) is 0 Å². The summed E-state index contributed by atoms with van der Waals surface area (Å²) in [5, 5.41) is 18.3. The molecule has 0 aliphatic heterocycles. The predicted molar refractivity (Wildman–Crippen MR) is 125 cm³/mol. The van der Waals surface area contributed by atoms with E-state index in [1.54, 1.807) is 43.4 Å². The summed E-state index contributed by atoms with van der Waals surface area (Å²) >= 11 is 0. The number of nitrogens with one attached hydrogen (secondary N) is 3. The summed E-state index contributed by atoms with van der Waals surface area (Å²) in [6, 6.07) is 15.1. The molecule has 9 nitrogen and oxygen atoms in total. The van der Waals surface area contributed by atoms with E-state index in [9.17, 15) is 14.7 Å². The molecule has 174 valence electrons. The van der Waals surface area contributed by atoms with Gasteiger partial charge in [-0.15, -0.1) is 0 Å². The fourth-order valence-corrected chi connectivity index (χ4v) is 2.72. The Labute approximate surface area is 188 Å². The number of para-hydroxylation sites is 1. The summed E-state index contributed by atoms with van der Waals surface area (Å²) in [5.41, 5.74) is 1.71. The fraction of sp³-hybridized carbons (Fsp3) is 0.391. The van der Waals surface area contributed by atoms with E-state index in [1.165, 1.54) is 4.90 Å². The van der Waals surface area contributed by atoms with Crippen LogP contribution in [0.25, 0.3) is 0 Å². The lowest BCUT2D eigenvalue weighted by molar-refractivity contribution is -0.0144. The minimum atomic E-state index is -0.820. The second kappa shape index (κ2) is 13.3. The number of nitrogens with zero attached hydrogens (tertiary/aromatic N) is 1. The van der Waals surface area contributed by atoms with Crippen LogP contribution in [0.3, 0.4) is 0 Å². The van der Waals surface area contributed by atoms with Gasteiger partial charge in [-0.25, -0.2) is 9.59 Å². The number of carbonyl (C=O) groups excluding carboxylic acids is 2. The van der Waals surface area contributed by atoms with Gasteiger partial charge in [-0.05, 0) is 44.2 Å². The highest BCUT2D eigenvalue weighted by atomic mass is 16.5. The lowest BCUT2D eigenvalue weighted by Gasteiger charge is -2.21. The van der Waals surface area contributed by atoms with Gasteiger partial charge in [0.1, 0.15) is 0 Å². The first-order valence-electron chi connectivity index (χ1n) is 10.5. The molecule has 0 aromatic heterocycles. The number of anilines is 3. The Morgan fingerprint density at radius 1 is 0.938 bits per heavy atom. The highest BCUT2D eigenvalue weighted by Crippen LogP contribution is 2.16. The molecule has 4 amide bonds. The zero-order chi connectivity index (χ0) is 23.3. The van der Waals surface area contributed by atoms with Gasteiger partial charge in [-0.1, -0.05) is 24.3 Å². The van der Waals surface area contributed by atoms with E-state index in [4.69, 9.17) is 9.47 Å². The molecule has 0 spiro atoms. The number of aliphatic hydroxyl groups is 1. The standard InChI is InChI=1S/C23H32N4O5/c1-17(2)32-13-12-31-16-21(28)15-27(3)23(30)26-20-11-7-10-19(14-20)25-22(29)24-18-8-5-4-6-9-18/h4-11,14,17,21,28H,12-13,15-16H2,1-3H3,(H,26,30)(H2,24,25,29). The molecule has 9 heteroatoms. The second-order valence-corrected chi connectivity index (χ2v) is 7.48. The number of benzene rings is 2. The van der Waals surface area contributed by atoms with E-state index in [0.717, 1.165) is 0 Å². The van der Waals surface area contributed by atoms with Crippen molar-refractivity contribution in [3.63, 3.8) is 0 Å². The molecule has 0 saturated carbocycles. The SMILES string of the molecule is CC(C)OCCOCC(O)CN(C)C(=O)Nc1cccc(NC(=O)Nc2ccccc2)c1. The van der Waals surface area contributed by atoms with Gasteiger partial charge in [0.25, 0.3) is 0 Å². The zero-order valence-electron chi connectivity index (χ0n) is 18.7. The average molecular weight is 445 g/mol. The largest absolute Gasteiger partial charge is 0.389 e. The average Bonchev–Trinajstić information content (AvgIpc) is 2.74. The molecule has 0 fully saturated rings. The first-order valence-corrected chi connectivity index (χ1v) is 10.5. The summed E-state index contributed by atoms with van der Waals surface area (Å²) in [4.78, 5) is 25.9. The third-order valence-electron chi connectivity index (χ3n) is 4.22. The maximum atomic E-state index is 12.4.